The van der Waals surface area contributed by atoms with Crippen LogP contribution in [0.4, 0.5) is 0 Å². The van der Waals surface area contributed by atoms with Crippen molar-refractivity contribution in [2.24, 2.45) is 0 Å². The van der Waals surface area contributed by atoms with Gasteiger partial charge in [0.1, 0.15) is 0 Å². The Labute approximate surface area is 105 Å². The van der Waals surface area contributed by atoms with Crippen molar-refractivity contribution in [1.82, 2.24) is 15.1 Å². The number of hydrogen-bond donors (Lipinski definition) is 1. The third-order valence-electron chi connectivity index (χ3n) is 3.93. The summed E-state index contributed by atoms with van der Waals surface area (Å²) in [5, 5.41) is 3.64. The van der Waals surface area contributed by atoms with Crippen LogP contribution in [0.1, 0.15) is 19.8 Å². The second kappa shape index (κ2) is 6.14. The highest BCUT2D eigenvalue weighted by Gasteiger charge is 2.29. The van der Waals surface area contributed by atoms with Crippen LogP contribution in [-0.2, 0) is 4.74 Å². The van der Waals surface area contributed by atoms with Crippen LogP contribution >= 0.6 is 0 Å². The van der Waals surface area contributed by atoms with Crippen molar-refractivity contribution in [3.8, 4) is 0 Å². The summed E-state index contributed by atoms with van der Waals surface area (Å²) in [5.74, 6) is 0. The number of rotatable bonds is 6. The van der Waals surface area contributed by atoms with E-state index in [1.54, 1.807) is 0 Å². The molecule has 2 rings (SSSR count). The third-order valence-corrected chi connectivity index (χ3v) is 3.93. The molecule has 2 atom stereocenters. The first kappa shape index (κ1) is 13.3. The maximum Gasteiger partial charge on any atom is 0.0630 e. The van der Waals surface area contributed by atoms with E-state index in [0.717, 1.165) is 25.7 Å². The van der Waals surface area contributed by atoms with Crippen LogP contribution in [0.2, 0.25) is 0 Å². The Balaban J connectivity index is 1.84. The van der Waals surface area contributed by atoms with E-state index in [0.29, 0.717) is 12.1 Å². The smallest absolute Gasteiger partial charge is 0.0630 e. The van der Waals surface area contributed by atoms with Gasteiger partial charge in [0.2, 0.25) is 0 Å². The zero-order chi connectivity index (χ0) is 12.3. The van der Waals surface area contributed by atoms with Gasteiger partial charge in [-0.1, -0.05) is 0 Å². The van der Waals surface area contributed by atoms with Crippen molar-refractivity contribution >= 4 is 0 Å². The topological polar surface area (TPSA) is 27.7 Å². The molecule has 4 heteroatoms. The second-order valence-corrected chi connectivity index (χ2v) is 5.64. The fourth-order valence-corrected chi connectivity index (χ4v) is 2.75. The largest absolute Gasteiger partial charge is 0.383 e. The molecule has 100 valence electrons. The van der Waals surface area contributed by atoms with E-state index in [1.807, 2.05) is 7.11 Å². The molecule has 1 aliphatic heterocycles. The van der Waals surface area contributed by atoms with Gasteiger partial charge in [0.15, 0.2) is 0 Å². The summed E-state index contributed by atoms with van der Waals surface area (Å²) in [6, 6.07) is 1.95. The summed E-state index contributed by atoms with van der Waals surface area (Å²) in [5.41, 5.74) is 0. The number of nitrogens with zero attached hydrogens (tertiary/aromatic N) is 2. The van der Waals surface area contributed by atoms with E-state index in [-0.39, 0.29) is 0 Å². The van der Waals surface area contributed by atoms with Gasteiger partial charge in [-0.25, -0.2) is 0 Å². The number of hydrogen-bond acceptors (Lipinski definition) is 4. The lowest BCUT2D eigenvalue weighted by Crippen LogP contribution is -2.57. The van der Waals surface area contributed by atoms with Crippen LogP contribution in [0.15, 0.2) is 0 Å². The lowest BCUT2D eigenvalue weighted by atomic mass is 10.1. The number of likely N-dealkylation sites (N-methyl/N-ethyl adjacent to an activating group) is 1. The average molecular weight is 241 g/mol. The van der Waals surface area contributed by atoms with Crippen molar-refractivity contribution in [2.75, 3.05) is 46.9 Å². The van der Waals surface area contributed by atoms with Gasteiger partial charge >= 0.3 is 0 Å². The standard InChI is InChI=1S/C13H27N3O/c1-11-9-15(2)6-7-16(11)13(10-17-3)8-14-12-4-5-12/h11-14H,4-10H2,1-3H3. The Kier molecular flexibility index (Phi) is 4.79. The minimum atomic E-state index is 0.532. The van der Waals surface area contributed by atoms with Crippen molar-refractivity contribution in [3.63, 3.8) is 0 Å². The fourth-order valence-electron chi connectivity index (χ4n) is 2.75. The van der Waals surface area contributed by atoms with Gasteiger partial charge in [-0.3, -0.25) is 4.90 Å². The highest BCUT2D eigenvalue weighted by molar-refractivity contribution is 4.88. The quantitative estimate of drug-likeness (QED) is 0.728. The van der Waals surface area contributed by atoms with Crippen LogP contribution in [0.25, 0.3) is 0 Å². The molecule has 1 aliphatic carbocycles. The number of methoxy groups -OCH3 is 1. The molecule has 4 nitrogen and oxygen atoms in total. The number of ether oxygens (including phenoxy) is 1. The minimum Gasteiger partial charge on any atom is -0.383 e. The van der Waals surface area contributed by atoms with Gasteiger partial charge in [0, 0.05) is 51.4 Å². The third kappa shape index (κ3) is 3.91. The molecular weight excluding hydrogens is 214 g/mol. The van der Waals surface area contributed by atoms with Crippen LogP contribution in [0.3, 0.4) is 0 Å². The lowest BCUT2D eigenvalue weighted by molar-refractivity contribution is 0.0229. The first-order valence-corrected chi connectivity index (χ1v) is 6.87. The van der Waals surface area contributed by atoms with E-state index < -0.39 is 0 Å². The molecule has 2 unspecified atom stereocenters. The van der Waals surface area contributed by atoms with E-state index in [1.165, 1.54) is 25.9 Å². The van der Waals surface area contributed by atoms with Crippen molar-refractivity contribution in [1.29, 1.82) is 0 Å². The molecule has 17 heavy (non-hydrogen) atoms. The van der Waals surface area contributed by atoms with Gasteiger partial charge in [-0.2, -0.15) is 0 Å². The summed E-state index contributed by atoms with van der Waals surface area (Å²) in [7, 11) is 4.02. The molecule has 1 saturated heterocycles. The molecule has 1 heterocycles. The minimum absolute atomic E-state index is 0.532. The predicted molar refractivity (Wildman–Crippen MR) is 70.4 cm³/mol. The second-order valence-electron chi connectivity index (χ2n) is 5.64. The zero-order valence-corrected chi connectivity index (χ0v) is 11.5. The Morgan fingerprint density at radius 1 is 1.35 bits per heavy atom. The summed E-state index contributed by atoms with van der Waals surface area (Å²) in [6.45, 7) is 7.76. The monoisotopic (exact) mass is 241 g/mol. The van der Waals surface area contributed by atoms with E-state index in [4.69, 9.17) is 4.74 Å². The molecular formula is C13H27N3O. The summed E-state index contributed by atoms with van der Waals surface area (Å²) >= 11 is 0. The average Bonchev–Trinajstić information content (AvgIpc) is 3.09. The van der Waals surface area contributed by atoms with Gasteiger partial charge in [0.25, 0.3) is 0 Å². The van der Waals surface area contributed by atoms with E-state index in [2.05, 4.69) is 29.1 Å². The summed E-state index contributed by atoms with van der Waals surface area (Å²) < 4.78 is 5.39. The first-order valence-electron chi connectivity index (χ1n) is 6.87. The Bertz CT molecular complexity index is 233. The number of nitrogens with one attached hydrogen (secondary N) is 1. The highest BCUT2D eigenvalue weighted by atomic mass is 16.5. The fraction of sp³-hybridized carbons (Fsp3) is 1.00. The molecule has 2 fully saturated rings. The maximum absolute atomic E-state index is 5.39. The molecule has 1 saturated carbocycles. The van der Waals surface area contributed by atoms with Gasteiger partial charge in [0.05, 0.1) is 6.61 Å². The molecule has 1 N–H and O–H groups in total. The van der Waals surface area contributed by atoms with Crippen LogP contribution in [0.5, 0.6) is 0 Å². The molecule has 0 bridgehead atoms. The van der Waals surface area contributed by atoms with Crippen molar-refractivity contribution in [2.45, 2.75) is 37.9 Å². The Morgan fingerprint density at radius 3 is 2.71 bits per heavy atom. The molecule has 0 radical (unpaired) electrons. The van der Waals surface area contributed by atoms with Crippen molar-refractivity contribution < 1.29 is 4.74 Å². The Morgan fingerprint density at radius 2 is 2.12 bits per heavy atom. The summed E-state index contributed by atoms with van der Waals surface area (Å²) in [6.07, 6.45) is 2.72. The van der Waals surface area contributed by atoms with E-state index in [9.17, 15) is 0 Å². The van der Waals surface area contributed by atoms with E-state index >= 15 is 0 Å². The van der Waals surface area contributed by atoms with Crippen molar-refractivity contribution in [3.05, 3.63) is 0 Å². The lowest BCUT2D eigenvalue weighted by Gasteiger charge is -2.42. The van der Waals surface area contributed by atoms with Gasteiger partial charge < -0.3 is 15.0 Å². The van der Waals surface area contributed by atoms with Crippen LogP contribution in [0, 0.1) is 0 Å². The van der Waals surface area contributed by atoms with Crippen LogP contribution in [-0.4, -0.2) is 74.9 Å². The molecule has 0 spiro atoms. The summed E-state index contributed by atoms with van der Waals surface area (Å²) in [4.78, 5) is 5.03. The van der Waals surface area contributed by atoms with Crippen LogP contribution < -0.4 is 5.32 Å². The Hall–Kier alpha value is -0.160. The molecule has 0 aromatic heterocycles. The zero-order valence-electron chi connectivity index (χ0n) is 11.5. The molecule has 0 amide bonds. The first-order chi connectivity index (χ1) is 8.20. The normalized spacial score (nSPS) is 29.5. The molecule has 2 aliphatic rings. The molecule has 0 aromatic rings. The van der Waals surface area contributed by atoms with Gasteiger partial charge in [-0.05, 0) is 26.8 Å². The molecule has 0 aromatic carbocycles. The van der Waals surface area contributed by atoms with Gasteiger partial charge in [-0.15, -0.1) is 0 Å². The predicted octanol–water partition coefficient (Wildman–Crippen LogP) is 0.389. The maximum atomic E-state index is 5.39. The highest BCUT2D eigenvalue weighted by Crippen LogP contribution is 2.19. The number of piperazine rings is 1. The SMILES string of the molecule is COCC(CNC1CC1)N1CCN(C)CC1C.